The fourth-order valence-corrected chi connectivity index (χ4v) is 2.18. The third-order valence-electron chi connectivity index (χ3n) is 3.36. The van der Waals surface area contributed by atoms with E-state index >= 15 is 0 Å². The molecule has 5 heteroatoms. The first-order valence-corrected chi connectivity index (χ1v) is 7.09. The van der Waals surface area contributed by atoms with Crippen molar-refractivity contribution < 1.29 is 19.4 Å². The topological polar surface area (TPSA) is 66.8 Å². The van der Waals surface area contributed by atoms with Gasteiger partial charge in [0, 0.05) is 19.8 Å². The number of rotatable bonds is 5. The van der Waals surface area contributed by atoms with Crippen LogP contribution in [-0.2, 0) is 4.74 Å². The molecule has 1 N–H and O–H groups in total. The van der Waals surface area contributed by atoms with Crippen LogP contribution in [0.15, 0.2) is 30.3 Å². The highest BCUT2D eigenvalue weighted by Crippen LogP contribution is 2.25. The van der Waals surface area contributed by atoms with Gasteiger partial charge in [0.05, 0.1) is 17.7 Å². The minimum Gasteiger partial charge on any atom is -0.478 e. The number of fused-ring (bicyclic) bond motifs is 1. The van der Waals surface area contributed by atoms with Crippen molar-refractivity contribution in [3.05, 3.63) is 41.5 Å². The molecule has 0 aliphatic carbocycles. The van der Waals surface area contributed by atoms with Crippen LogP contribution in [0.4, 0.5) is 5.69 Å². The molecule has 0 amide bonds. The lowest BCUT2D eigenvalue weighted by Gasteiger charge is -2.14. The van der Waals surface area contributed by atoms with E-state index in [2.05, 4.69) is 0 Å². The molecule has 22 heavy (non-hydrogen) atoms. The molecule has 0 heterocycles. The van der Waals surface area contributed by atoms with Crippen molar-refractivity contribution in [3.63, 3.8) is 0 Å². The number of carbonyl (C=O) groups is 2. The number of esters is 1. The number of anilines is 1. The van der Waals surface area contributed by atoms with Crippen molar-refractivity contribution in [2.24, 2.45) is 0 Å². The minimum atomic E-state index is -1.14. The number of carboxylic acid groups (broad SMARTS) is 1. The lowest BCUT2D eigenvalue weighted by atomic mass is 10.00. The summed E-state index contributed by atoms with van der Waals surface area (Å²) in [7, 11) is 3.82. The Balaban J connectivity index is 2.56. The van der Waals surface area contributed by atoms with Gasteiger partial charge >= 0.3 is 11.9 Å². The minimum absolute atomic E-state index is 0.0375. The summed E-state index contributed by atoms with van der Waals surface area (Å²) in [6.07, 6.45) is 0.688. The zero-order valence-electron chi connectivity index (χ0n) is 12.9. The lowest BCUT2D eigenvalue weighted by molar-refractivity contribution is 0.0495. The van der Waals surface area contributed by atoms with Crippen molar-refractivity contribution >= 4 is 28.4 Å². The van der Waals surface area contributed by atoms with Gasteiger partial charge in [0.1, 0.15) is 0 Å². The van der Waals surface area contributed by atoms with Crippen LogP contribution in [0.2, 0.25) is 0 Å². The second-order valence-corrected chi connectivity index (χ2v) is 5.26. The molecule has 0 saturated carbocycles. The van der Waals surface area contributed by atoms with Crippen molar-refractivity contribution in [1.29, 1.82) is 0 Å². The molecule has 0 bridgehead atoms. The molecule has 0 saturated heterocycles. The van der Waals surface area contributed by atoms with E-state index in [-0.39, 0.29) is 17.7 Å². The highest BCUT2D eigenvalue weighted by atomic mass is 16.5. The Hall–Kier alpha value is -2.56. The average molecular weight is 301 g/mol. The quantitative estimate of drug-likeness (QED) is 0.859. The van der Waals surface area contributed by atoms with E-state index in [4.69, 9.17) is 4.74 Å². The summed E-state index contributed by atoms with van der Waals surface area (Å²) >= 11 is 0. The summed E-state index contributed by atoms with van der Waals surface area (Å²) in [5.74, 6) is -1.74. The van der Waals surface area contributed by atoms with E-state index < -0.39 is 11.9 Å². The monoisotopic (exact) mass is 301 g/mol. The summed E-state index contributed by atoms with van der Waals surface area (Å²) in [4.78, 5) is 25.4. The van der Waals surface area contributed by atoms with E-state index in [1.165, 1.54) is 6.07 Å². The van der Waals surface area contributed by atoms with Crippen molar-refractivity contribution in [3.8, 4) is 0 Å². The predicted molar refractivity (Wildman–Crippen MR) is 85.8 cm³/mol. The molecule has 0 unspecified atom stereocenters. The Kier molecular flexibility index (Phi) is 4.65. The Labute approximate surface area is 129 Å². The molecule has 0 aliphatic rings. The maximum absolute atomic E-state index is 12.1. The number of nitrogens with zero attached hydrogens (tertiary/aromatic N) is 1. The number of hydrogen-bond donors (Lipinski definition) is 1. The van der Waals surface area contributed by atoms with Crippen LogP contribution >= 0.6 is 0 Å². The molecule has 0 fully saturated rings. The molecule has 0 atom stereocenters. The van der Waals surface area contributed by atoms with Gasteiger partial charge < -0.3 is 14.7 Å². The van der Waals surface area contributed by atoms with Crippen molar-refractivity contribution in [2.45, 2.75) is 13.3 Å². The van der Waals surface area contributed by atoms with Crippen LogP contribution in [-0.4, -0.2) is 37.7 Å². The highest BCUT2D eigenvalue weighted by Gasteiger charge is 2.19. The number of benzene rings is 2. The summed E-state index contributed by atoms with van der Waals surface area (Å²) in [6.45, 7) is 2.16. The maximum Gasteiger partial charge on any atom is 0.339 e. The lowest BCUT2D eigenvalue weighted by Crippen LogP contribution is -2.12. The Morgan fingerprint density at radius 1 is 1.09 bits per heavy atom. The molecule has 5 nitrogen and oxygen atoms in total. The normalized spacial score (nSPS) is 10.5. The molecule has 2 aromatic rings. The molecule has 0 radical (unpaired) electrons. The van der Waals surface area contributed by atoms with Gasteiger partial charge in [-0.15, -0.1) is 0 Å². The number of ether oxygens (including phenoxy) is 1. The smallest absolute Gasteiger partial charge is 0.339 e. The van der Waals surface area contributed by atoms with E-state index in [1.54, 1.807) is 6.07 Å². The molecule has 0 spiro atoms. The average Bonchev–Trinajstić information content (AvgIpc) is 2.50. The summed E-state index contributed by atoms with van der Waals surface area (Å²) in [5, 5.41) is 10.9. The summed E-state index contributed by atoms with van der Waals surface area (Å²) < 4.78 is 5.07. The maximum atomic E-state index is 12.1. The fraction of sp³-hybridized carbons (Fsp3) is 0.294. The van der Waals surface area contributed by atoms with Crippen molar-refractivity contribution in [2.75, 3.05) is 25.6 Å². The predicted octanol–water partition coefficient (Wildman–Crippen LogP) is 3.17. The second kappa shape index (κ2) is 6.47. The van der Waals surface area contributed by atoms with Crippen LogP contribution in [0.3, 0.4) is 0 Å². The third-order valence-corrected chi connectivity index (χ3v) is 3.36. The van der Waals surface area contributed by atoms with Gasteiger partial charge in [0.2, 0.25) is 0 Å². The standard InChI is InChI=1S/C17H19NO4/c1-4-7-22-17(21)15-9-11-5-6-13(18(2)3)8-12(11)10-14(15)16(19)20/h5-6,8-10H,4,7H2,1-3H3,(H,19,20). The van der Waals surface area contributed by atoms with Crippen LogP contribution in [0.25, 0.3) is 10.8 Å². The first-order chi connectivity index (χ1) is 10.4. The first-order valence-electron chi connectivity index (χ1n) is 7.09. The fourth-order valence-electron chi connectivity index (χ4n) is 2.18. The molecular weight excluding hydrogens is 282 g/mol. The van der Waals surface area contributed by atoms with E-state index in [0.717, 1.165) is 16.5 Å². The van der Waals surface area contributed by atoms with Gasteiger partial charge in [-0.2, -0.15) is 0 Å². The zero-order chi connectivity index (χ0) is 16.3. The highest BCUT2D eigenvalue weighted by molar-refractivity contribution is 6.07. The number of aromatic carboxylic acids is 1. The first kappa shape index (κ1) is 15.8. The molecule has 116 valence electrons. The van der Waals surface area contributed by atoms with Crippen LogP contribution < -0.4 is 4.90 Å². The Bertz CT molecular complexity index is 722. The third kappa shape index (κ3) is 3.19. The molecule has 0 aromatic heterocycles. The Morgan fingerprint density at radius 3 is 2.36 bits per heavy atom. The van der Waals surface area contributed by atoms with Crippen LogP contribution in [0, 0.1) is 0 Å². The van der Waals surface area contributed by atoms with Gasteiger partial charge in [-0.25, -0.2) is 9.59 Å². The number of carboxylic acids is 1. The van der Waals surface area contributed by atoms with Gasteiger partial charge in [0.25, 0.3) is 0 Å². The molecule has 2 aromatic carbocycles. The van der Waals surface area contributed by atoms with Gasteiger partial charge in [-0.05, 0) is 41.5 Å². The summed E-state index contributed by atoms with van der Waals surface area (Å²) in [6, 6.07) is 8.78. The Morgan fingerprint density at radius 2 is 1.77 bits per heavy atom. The molecular formula is C17H19NO4. The summed E-state index contributed by atoms with van der Waals surface area (Å²) in [5.41, 5.74) is 1.01. The van der Waals surface area contributed by atoms with Crippen molar-refractivity contribution in [1.82, 2.24) is 0 Å². The van der Waals surface area contributed by atoms with Gasteiger partial charge in [0.15, 0.2) is 0 Å². The van der Waals surface area contributed by atoms with Gasteiger partial charge in [-0.3, -0.25) is 0 Å². The van der Waals surface area contributed by atoms with Crippen LogP contribution in [0.5, 0.6) is 0 Å². The zero-order valence-corrected chi connectivity index (χ0v) is 12.9. The molecule has 2 rings (SSSR count). The van der Waals surface area contributed by atoms with Crippen LogP contribution in [0.1, 0.15) is 34.1 Å². The van der Waals surface area contributed by atoms with E-state index in [1.807, 2.05) is 44.1 Å². The van der Waals surface area contributed by atoms with E-state index in [9.17, 15) is 14.7 Å². The molecule has 0 aliphatic heterocycles. The van der Waals surface area contributed by atoms with Gasteiger partial charge in [-0.1, -0.05) is 13.0 Å². The van der Waals surface area contributed by atoms with E-state index in [0.29, 0.717) is 6.42 Å². The largest absolute Gasteiger partial charge is 0.478 e. The number of hydrogen-bond acceptors (Lipinski definition) is 4. The number of carbonyl (C=O) groups excluding carboxylic acids is 1. The SMILES string of the molecule is CCCOC(=O)c1cc2ccc(N(C)C)cc2cc1C(=O)O. The second-order valence-electron chi connectivity index (χ2n) is 5.26.